The zero-order chi connectivity index (χ0) is 22.5. The van der Waals surface area contributed by atoms with E-state index in [1.807, 2.05) is 49.5 Å². The molecule has 0 radical (unpaired) electrons. The maximum atomic E-state index is 12.4. The van der Waals surface area contributed by atoms with Gasteiger partial charge >= 0.3 is 6.03 Å². The van der Waals surface area contributed by atoms with Gasteiger partial charge in [0.25, 0.3) is 0 Å². The molecule has 2 amide bonds. The standard InChI is InChI=1S/C25H26N4O3/c1-29-22-7-5-4-6-20(22)27-24(29)15-10-17-8-11-18(12-9-17)26-25(30)28-21-14-13-19(31-2)16-23(21)32-3/h4-9,11-14,16H,10,15H2,1-3H3,(H2,26,28,30). The first-order chi connectivity index (χ1) is 15.6. The number of benzene rings is 3. The van der Waals surface area contributed by atoms with Crippen LogP contribution >= 0.6 is 0 Å². The minimum absolute atomic E-state index is 0.346. The maximum absolute atomic E-state index is 12.4. The molecule has 32 heavy (non-hydrogen) atoms. The number of anilines is 2. The number of para-hydroxylation sites is 2. The Morgan fingerprint density at radius 2 is 1.72 bits per heavy atom. The number of amides is 2. The molecule has 7 heteroatoms. The minimum Gasteiger partial charge on any atom is -0.497 e. The third-order valence-corrected chi connectivity index (χ3v) is 5.39. The predicted octanol–water partition coefficient (Wildman–Crippen LogP) is 5.02. The molecule has 0 unspecified atom stereocenters. The van der Waals surface area contributed by atoms with Crippen molar-refractivity contribution in [3.63, 3.8) is 0 Å². The number of aryl methyl sites for hydroxylation is 3. The largest absolute Gasteiger partial charge is 0.497 e. The van der Waals surface area contributed by atoms with Crippen molar-refractivity contribution < 1.29 is 14.3 Å². The molecule has 0 bridgehead atoms. The Bertz CT molecular complexity index is 1230. The summed E-state index contributed by atoms with van der Waals surface area (Å²) in [7, 11) is 5.18. The van der Waals surface area contributed by atoms with Crippen molar-refractivity contribution >= 4 is 28.4 Å². The van der Waals surface area contributed by atoms with Crippen LogP contribution in [0.5, 0.6) is 11.5 Å². The molecule has 2 N–H and O–H groups in total. The number of imidazole rings is 1. The fraction of sp³-hybridized carbons (Fsp3) is 0.200. The lowest BCUT2D eigenvalue weighted by atomic mass is 10.1. The lowest BCUT2D eigenvalue weighted by Crippen LogP contribution is -2.19. The Balaban J connectivity index is 1.35. The van der Waals surface area contributed by atoms with Crippen LogP contribution in [0.1, 0.15) is 11.4 Å². The summed E-state index contributed by atoms with van der Waals surface area (Å²) in [6.07, 6.45) is 1.71. The number of methoxy groups -OCH3 is 2. The van der Waals surface area contributed by atoms with Crippen molar-refractivity contribution in [2.75, 3.05) is 24.9 Å². The number of nitrogens with zero attached hydrogens (tertiary/aromatic N) is 2. The number of hydrogen-bond acceptors (Lipinski definition) is 4. The highest BCUT2D eigenvalue weighted by molar-refractivity contribution is 6.00. The summed E-state index contributed by atoms with van der Waals surface area (Å²) in [5, 5.41) is 5.64. The van der Waals surface area contributed by atoms with Gasteiger partial charge in [0, 0.05) is 25.2 Å². The number of carbonyl (C=O) groups excluding carboxylic acids is 1. The van der Waals surface area contributed by atoms with Crippen molar-refractivity contribution in [2.24, 2.45) is 7.05 Å². The molecule has 0 aliphatic rings. The van der Waals surface area contributed by atoms with Crippen LogP contribution in [0.3, 0.4) is 0 Å². The van der Waals surface area contributed by atoms with E-state index in [0.29, 0.717) is 22.9 Å². The topological polar surface area (TPSA) is 77.4 Å². The van der Waals surface area contributed by atoms with Gasteiger partial charge in [-0.3, -0.25) is 0 Å². The van der Waals surface area contributed by atoms with E-state index >= 15 is 0 Å². The fourth-order valence-electron chi connectivity index (χ4n) is 3.62. The highest BCUT2D eigenvalue weighted by atomic mass is 16.5. The summed E-state index contributed by atoms with van der Waals surface area (Å²) in [5.41, 5.74) is 4.61. The van der Waals surface area contributed by atoms with E-state index in [0.717, 1.165) is 29.7 Å². The Hall–Kier alpha value is -4.00. The van der Waals surface area contributed by atoms with Gasteiger partial charge in [0.05, 0.1) is 30.9 Å². The van der Waals surface area contributed by atoms with Crippen LogP contribution in [0.2, 0.25) is 0 Å². The predicted molar refractivity (Wildman–Crippen MR) is 127 cm³/mol. The van der Waals surface area contributed by atoms with Gasteiger partial charge in [-0.1, -0.05) is 24.3 Å². The van der Waals surface area contributed by atoms with E-state index in [2.05, 4.69) is 21.3 Å². The van der Waals surface area contributed by atoms with Crippen molar-refractivity contribution in [3.05, 3.63) is 78.1 Å². The minimum atomic E-state index is -0.346. The summed E-state index contributed by atoms with van der Waals surface area (Å²) >= 11 is 0. The zero-order valence-electron chi connectivity index (χ0n) is 18.4. The number of rotatable bonds is 7. The lowest BCUT2D eigenvalue weighted by Gasteiger charge is -2.12. The SMILES string of the molecule is COc1ccc(NC(=O)Nc2ccc(CCc3nc4ccccc4n3C)cc2)c(OC)c1. The quantitative estimate of drug-likeness (QED) is 0.432. The fourth-order valence-corrected chi connectivity index (χ4v) is 3.62. The van der Waals surface area contributed by atoms with Crippen LogP contribution in [0.25, 0.3) is 11.0 Å². The molecule has 0 aliphatic heterocycles. The summed E-state index contributed by atoms with van der Waals surface area (Å²) < 4.78 is 12.6. The molecule has 0 saturated heterocycles. The molecular formula is C25H26N4O3. The first-order valence-corrected chi connectivity index (χ1v) is 10.4. The summed E-state index contributed by atoms with van der Waals surface area (Å²) in [6, 6.07) is 20.9. The van der Waals surface area contributed by atoms with Gasteiger partial charge in [0.2, 0.25) is 0 Å². The first kappa shape index (κ1) is 21.2. The molecule has 0 aliphatic carbocycles. The number of hydrogen-bond donors (Lipinski definition) is 2. The average Bonchev–Trinajstić information content (AvgIpc) is 3.14. The van der Waals surface area contributed by atoms with Gasteiger partial charge in [-0.25, -0.2) is 9.78 Å². The highest BCUT2D eigenvalue weighted by Gasteiger charge is 2.10. The van der Waals surface area contributed by atoms with Gasteiger partial charge in [0.15, 0.2) is 0 Å². The molecule has 164 valence electrons. The van der Waals surface area contributed by atoms with Crippen molar-refractivity contribution in [2.45, 2.75) is 12.8 Å². The Morgan fingerprint density at radius 3 is 2.44 bits per heavy atom. The second-order valence-electron chi connectivity index (χ2n) is 7.42. The number of aromatic nitrogens is 2. The van der Waals surface area contributed by atoms with Crippen LogP contribution < -0.4 is 20.1 Å². The normalized spacial score (nSPS) is 10.7. The number of carbonyl (C=O) groups is 1. The van der Waals surface area contributed by atoms with Crippen LogP contribution in [-0.4, -0.2) is 29.8 Å². The van der Waals surface area contributed by atoms with Gasteiger partial charge in [-0.05, 0) is 48.4 Å². The van der Waals surface area contributed by atoms with E-state index in [9.17, 15) is 4.79 Å². The number of nitrogens with one attached hydrogen (secondary N) is 2. The van der Waals surface area contributed by atoms with E-state index < -0.39 is 0 Å². The van der Waals surface area contributed by atoms with E-state index in [4.69, 9.17) is 14.5 Å². The van der Waals surface area contributed by atoms with Crippen LogP contribution in [0.4, 0.5) is 16.2 Å². The summed E-state index contributed by atoms with van der Waals surface area (Å²) in [6.45, 7) is 0. The molecule has 3 aromatic carbocycles. The average molecular weight is 431 g/mol. The lowest BCUT2D eigenvalue weighted by molar-refractivity contribution is 0.262. The Morgan fingerprint density at radius 1 is 0.938 bits per heavy atom. The van der Waals surface area contributed by atoms with Crippen molar-refractivity contribution in [1.82, 2.24) is 9.55 Å². The molecule has 0 spiro atoms. The second kappa shape index (κ2) is 9.43. The maximum Gasteiger partial charge on any atom is 0.323 e. The van der Waals surface area contributed by atoms with Gasteiger partial charge in [-0.15, -0.1) is 0 Å². The highest BCUT2D eigenvalue weighted by Crippen LogP contribution is 2.29. The molecule has 7 nitrogen and oxygen atoms in total. The van der Waals surface area contributed by atoms with Gasteiger partial charge < -0.3 is 24.7 Å². The molecule has 1 aromatic heterocycles. The molecule has 1 heterocycles. The summed E-state index contributed by atoms with van der Waals surface area (Å²) in [5.74, 6) is 2.24. The smallest absolute Gasteiger partial charge is 0.323 e. The molecule has 4 rings (SSSR count). The first-order valence-electron chi connectivity index (χ1n) is 10.4. The molecule has 0 saturated carbocycles. The third-order valence-electron chi connectivity index (χ3n) is 5.39. The van der Waals surface area contributed by atoms with Crippen LogP contribution in [-0.2, 0) is 19.9 Å². The van der Waals surface area contributed by atoms with Gasteiger partial charge in [0.1, 0.15) is 17.3 Å². The number of fused-ring (bicyclic) bond motifs is 1. The number of urea groups is 1. The van der Waals surface area contributed by atoms with Crippen molar-refractivity contribution in [3.8, 4) is 11.5 Å². The van der Waals surface area contributed by atoms with E-state index in [1.165, 1.54) is 5.56 Å². The monoisotopic (exact) mass is 430 g/mol. The van der Waals surface area contributed by atoms with Crippen LogP contribution in [0.15, 0.2) is 66.7 Å². The molecular weight excluding hydrogens is 404 g/mol. The van der Waals surface area contributed by atoms with Crippen LogP contribution in [0, 0.1) is 0 Å². The Labute approximate surface area is 187 Å². The summed E-state index contributed by atoms with van der Waals surface area (Å²) in [4.78, 5) is 17.1. The molecule has 0 fully saturated rings. The molecule has 4 aromatic rings. The van der Waals surface area contributed by atoms with E-state index in [-0.39, 0.29) is 6.03 Å². The van der Waals surface area contributed by atoms with Gasteiger partial charge in [-0.2, -0.15) is 0 Å². The molecule has 0 atom stereocenters. The van der Waals surface area contributed by atoms with E-state index in [1.54, 1.807) is 32.4 Å². The third kappa shape index (κ3) is 4.67. The van der Waals surface area contributed by atoms with Crippen molar-refractivity contribution in [1.29, 1.82) is 0 Å². The number of ether oxygens (including phenoxy) is 2. The Kier molecular flexibility index (Phi) is 6.26. The second-order valence-corrected chi connectivity index (χ2v) is 7.42. The zero-order valence-corrected chi connectivity index (χ0v) is 18.4.